The van der Waals surface area contributed by atoms with E-state index in [0.29, 0.717) is 10.6 Å². The van der Waals surface area contributed by atoms with Gasteiger partial charge in [-0.15, -0.1) is 0 Å². The van der Waals surface area contributed by atoms with Gasteiger partial charge >= 0.3 is 0 Å². The molecule has 1 aromatic carbocycles. The van der Waals surface area contributed by atoms with Crippen LogP contribution in [0.15, 0.2) is 18.2 Å². The largest absolute Gasteiger partial charge is 0.387 e. The van der Waals surface area contributed by atoms with Gasteiger partial charge in [-0.1, -0.05) is 18.0 Å². The molecule has 0 radical (unpaired) electrons. The minimum Gasteiger partial charge on any atom is -0.387 e. The molecule has 2 rings (SSSR count). The Bertz CT molecular complexity index is 430. The fourth-order valence-corrected chi connectivity index (χ4v) is 2.30. The molecular formula is C13H18ClN3O. The van der Waals surface area contributed by atoms with E-state index in [0.717, 1.165) is 31.6 Å². The molecule has 1 saturated heterocycles. The summed E-state index contributed by atoms with van der Waals surface area (Å²) in [5.74, 6) is -0.108. The van der Waals surface area contributed by atoms with Crippen molar-refractivity contribution in [2.24, 2.45) is 0 Å². The van der Waals surface area contributed by atoms with Gasteiger partial charge in [0.05, 0.1) is 5.56 Å². The van der Waals surface area contributed by atoms with Gasteiger partial charge < -0.3 is 5.32 Å². The fourth-order valence-electron chi connectivity index (χ4n) is 2.13. The predicted octanol–water partition coefficient (Wildman–Crippen LogP) is 2.51. The lowest BCUT2D eigenvalue weighted by Crippen LogP contribution is -2.45. The number of hydrazine groups is 1. The molecule has 0 spiro atoms. The van der Waals surface area contributed by atoms with E-state index in [1.165, 1.54) is 6.42 Å². The minimum atomic E-state index is -0.108. The van der Waals surface area contributed by atoms with Crippen LogP contribution in [-0.2, 0) is 0 Å². The first-order valence-corrected chi connectivity index (χ1v) is 6.62. The summed E-state index contributed by atoms with van der Waals surface area (Å²) in [5, 5.41) is 5.55. The highest BCUT2D eigenvalue weighted by Crippen LogP contribution is 2.20. The van der Waals surface area contributed by atoms with Crippen molar-refractivity contribution in [3.05, 3.63) is 28.8 Å². The molecule has 18 heavy (non-hydrogen) atoms. The van der Waals surface area contributed by atoms with Crippen molar-refractivity contribution in [1.82, 2.24) is 10.4 Å². The summed E-state index contributed by atoms with van der Waals surface area (Å²) < 4.78 is 0. The number of piperidine rings is 1. The van der Waals surface area contributed by atoms with E-state index in [4.69, 9.17) is 11.6 Å². The summed E-state index contributed by atoms with van der Waals surface area (Å²) in [6, 6.07) is 5.27. The van der Waals surface area contributed by atoms with Gasteiger partial charge in [-0.3, -0.25) is 10.2 Å². The van der Waals surface area contributed by atoms with Crippen LogP contribution >= 0.6 is 11.6 Å². The van der Waals surface area contributed by atoms with Gasteiger partial charge in [0.2, 0.25) is 0 Å². The van der Waals surface area contributed by atoms with Gasteiger partial charge in [0, 0.05) is 30.8 Å². The van der Waals surface area contributed by atoms with Gasteiger partial charge in [0.1, 0.15) is 0 Å². The monoisotopic (exact) mass is 267 g/mol. The molecule has 2 N–H and O–H groups in total. The lowest BCUT2D eigenvalue weighted by molar-refractivity contribution is 0.0751. The number of nitrogens with one attached hydrogen (secondary N) is 2. The number of carbonyl (C=O) groups excluding carboxylic acids is 1. The van der Waals surface area contributed by atoms with Gasteiger partial charge in [0.15, 0.2) is 0 Å². The first kappa shape index (κ1) is 13.2. The second-order valence-corrected chi connectivity index (χ2v) is 4.86. The maximum absolute atomic E-state index is 12.2. The molecule has 1 heterocycles. The molecule has 1 amide bonds. The van der Waals surface area contributed by atoms with E-state index in [-0.39, 0.29) is 5.91 Å². The summed E-state index contributed by atoms with van der Waals surface area (Å²) in [5.41, 5.74) is 4.30. The zero-order chi connectivity index (χ0) is 13.0. The van der Waals surface area contributed by atoms with Crippen LogP contribution in [0.4, 0.5) is 5.69 Å². The molecule has 98 valence electrons. The number of nitrogens with zero attached hydrogens (tertiary/aromatic N) is 1. The summed E-state index contributed by atoms with van der Waals surface area (Å²) in [4.78, 5) is 12.2. The van der Waals surface area contributed by atoms with Gasteiger partial charge in [0.25, 0.3) is 5.91 Å². The van der Waals surface area contributed by atoms with E-state index in [1.54, 1.807) is 19.2 Å². The molecule has 1 aliphatic heterocycles. The van der Waals surface area contributed by atoms with E-state index < -0.39 is 0 Å². The second kappa shape index (κ2) is 6.07. The standard InChI is InChI=1S/C13H18ClN3O/c1-15-12-6-5-10(14)9-11(12)13(18)16-17-7-3-2-4-8-17/h5-6,9,15H,2-4,7-8H2,1H3,(H,16,18). The van der Waals surface area contributed by atoms with Crippen LogP contribution in [0.25, 0.3) is 0 Å². The molecule has 0 saturated carbocycles. The molecule has 1 aliphatic rings. The number of anilines is 1. The van der Waals surface area contributed by atoms with E-state index in [1.807, 2.05) is 11.1 Å². The van der Waals surface area contributed by atoms with Crippen LogP contribution in [0.3, 0.4) is 0 Å². The molecule has 0 unspecified atom stereocenters. The van der Waals surface area contributed by atoms with Crippen LogP contribution in [0, 0.1) is 0 Å². The summed E-state index contributed by atoms with van der Waals surface area (Å²) >= 11 is 5.94. The van der Waals surface area contributed by atoms with Crippen LogP contribution in [0.5, 0.6) is 0 Å². The number of amides is 1. The quantitative estimate of drug-likeness (QED) is 0.885. The first-order chi connectivity index (χ1) is 8.70. The Morgan fingerprint density at radius 1 is 1.28 bits per heavy atom. The van der Waals surface area contributed by atoms with Crippen LogP contribution in [0.1, 0.15) is 29.6 Å². The van der Waals surface area contributed by atoms with Crippen LogP contribution < -0.4 is 10.7 Å². The zero-order valence-corrected chi connectivity index (χ0v) is 11.3. The van der Waals surface area contributed by atoms with Gasteiger partial charge in [-0.05, 0) is 31.0 Å². The molecular weight excluding hydrogens is 250 g/mol. The summed E-state index contributed by atoms with van der Waals surface area (Å²) in [6.45, 7) is 1.84. The molecule has 5 heteroatoms. The van der Waals surface area contributed by atoms with E-state index >= 15 is 0 Å². The van der Waals surface area contributed by atoms with Gasteiger partial charge in [-0.2, -0.15) is 0 Å². The lowest BCUT2D eigenvalue weighted by Gasteiger charge is -2.27. The van der Waals surface area contributed by atoms with Crippen LogP contribution in [0.2, 0.25) is 5.02 Å². The average molecular weight is 268 g/mol. The minimum absolute atomic E-state index is 0.108. The Hall–Kier alpha value is -1.26. The predicted molar refractivity (Wildman–Crippen MR) is 73.9 cm³/mol. The van der Waals surface area contributed by atoms with Crippen molar-refractivity contribution in [2.45, 2.75) is 19.3 Å². The third-order valence-corrected chi connectivity index (χ3v) is 3.35. The number of carbonyl (C=O) groups is 1. The smallest absolute Gasteiger partial charge is 0.267 e. The molecule has 1 aromatic rings. The number of halogens is 1. The number of hydrogen-bond donors (Lipinski definition) is 2. The topological polar surface area (TPSA) is 44.4 Å². The second-order valence-electron chi connectivity index (χ2n) is 4.43. The van der Waals surface area contributed by atoms with Gasteiger partial charge in [-0.25, -0.2) is 5.01 Å². The van der Waals surface area contributed by atoms with Crippen molar-refractivity contribution in [3.8, 4) is 0 Å². The summed E-state index contributed by atoms with van der Waals surface area (Å²) in [7, 11) is 1.79. The molecule has 0 bridgehead atoms. The van der Waals surface area contributed by atoms with Crippen molar-refractivity contribution in [3.63, 3.8) is 0 Å². The van der Waals surface area contributed by atoms with E-state index in [2.05, 4.69) is 10.7 Å². The molecule has 4 nitrogen and oxygen atoms in total. The lowest BCUT2D eigenvalue weighted by atomic mass is 10.1. The summed E-state index contributed by atoms with van der Waals surface area (Å²) in [6.07, 6.45) is 3.51. The average Bonchev–Trinajstić information content (AvgIpc) is 2.40. The Morgan fingerprint density at radius 3 is 2.67 bits per heavy atom. The maximum atomic E-state index is 12.2. The fraction of sp³-hybridized carbons (Fsp3) is 0.462. The van der Waals surface area contributed by atoms with E-state index in [9.17, 15) is 4.79 Å². The Kier molecular flexibility index (Phi) is 4.44. The molecule has 1 fully saturated rings. The van der Waals surface area contributed by atoms with Crippen molar-refractivity contribution in [2.75, 3.05) is 25.5 Å². The highest BCUT2D eigenvalue weighted by Gasteiger charge is 2.16. The van der Waals surface area contributed by atoms with Crippen molar-refractivity contribution >= 4 is 23.2 Å². The SMILES string of the molecule is CNc1ccc(Cl)cc1C(=O)NN1CCCCC1. The Balaban J connectivity index is 2.09. The Morgan fingerprint density at radius 2 is 2.00 bits per heavy atom. The number of rotatable bonds is 3. The molecule has 0 aliphatic carbocycles. The first-order valence-electron chi connectivity index (χ1n) is 6.24. The normalized spacial score (nSPS) is 16.3. The number of hydrogen-bond acceptors (Lipinski definition) is 3. The Labute approximate surface area is 112 Å². The highest BCUT2D eigenvalue weighted by molar-refractivity contribution is 6.31. The maximum Gasteiger partial charge on any atom is 0.267 e. The van der Waals surface area contributed by atoms with Crippen molar-refractivity contribution in [1.29, 1.82) is 0 Å². The molecule has 0 aromatic heterocycles. The third-order valence-electron chi connectivity index (χ3n) is 3.11. The number of benzene rings is 1. The van der Waals surface area contributed by atoms with Crippen LogP contribution in [-0.4, -0.2) is 31.1 Å². The highest BCUT2D eigenvalue weighted by atomic mass is 35.5. The zero-order valence-electron chi connectivity index (χ0n) is 10.5. The molecule has 0 atom stereocenters. The van der Waals surface area contributed by atoms with Crippen molar-refractivity contribution < 1.29 is 4.79 Å². The third kappa shape index (κ3) is 3.15.